The molecule has 1 unspecified atom stereocenters. The average Bonchev–Trinajstić information content (AvgIpc) is 2.73. The molecule has 29 heavy (non-hydrogen) atoms. The fourth-order valence-corrected chi connectivity index (χ4v) is 3.71. The van der Waals surface area contributed by atoms with Gasteiger partial charge in [0.1, 0.15) is 5.82 Å². The number of hydrogen-bond donors (Lipinski definition) is 1. The van der Waals surface area contributed by atoms with E-state index in [1.807, 2.05) is 42.5 Å². The van der Waals surface area contributed by atoms with Crippen molar-refractivity contribution in [2.75, 3.05) is 12.4 Å². The van der Waals surface area contributed by atoms with Gasteiger partial charge in [0.05, 0.1) is 5.92 Å². The molecule has 3 aromatic rings. The maximum absolute atomic E-state index is 13.5. The summed E-state index contributed by atoms with van der Waals surface area (Å²) in [4.78, 5) is 26.7. The Morgan fingerprint density at radius 2 is 1.72 bits per heavy atom. The first kappa shape index (κ1) is 18.9. The largest absolute Gasteiger partial charge is 0.341 e. The predicted molar refractivity (Wildman–Crippen MR) is 111 cm³/mol. The molecule has 1 atom stereocenters. The van der Waals surface area contributed by atoms with Crippen LogP contribution in [0.25, 0.3) is 11.1 Å². The van der Waals surface area contributed by atoms with Gasteiger partial charge in [0.25, 0.3) is 0 Å². The van der Waals surface area contributed by atoms with E-state index >= 15 is 0 Å². The van der Waals surface area contributed by atoms with Gasteiger partial charge in [0, 0.05) is 25.7 Å². The second kappa shape index (κ2) is 7.87. The summed E-state index contributed by atoms with van der Waals surface area (Å²) in [7, 11) is 1.73. The molecular weight excluding hydrogens is 367 g/mol. The number of carbonyl (C=O) groups excluding carboxylic acids is 2. The van der Waals surface area contributed by atoms with E-state index in [9.17, 15) is 14.0 Å². The Morgan fingerprint density at radius 1 is 1.03 bits per heavy atom. The summed E-state index contributed by atoms with van der Waals surface area (Å²) < 4.78 is 13.5. The molecule has 0 saturated heterocycles. The van der Waals surface area contributed by atoms with Crippen molar-refractivity contribution in [1.29, 1.82) is 0 Å². The summed E-state index contributed by atoms with van der Waals surface area (Å²) >= 11 is 0. The molecule has 3 aromatic carbocycles. The zero-order valence-electron chi connectivity index (χ0n) is 16.1. The lowest BCUT2D eigenvalue weighted by Crippen LogP contribution is -2.36. The minimum absolute atomic E-state index is 0.0642. The smallest absolute Gasteiger partial charge is 0.230 e. The van der Waals surface area contributed by atoms with Crippen molar-refractivity contribution in [3.63, 3.8) is 0 Å². The maximum atomic E-state index is 13.5. The summed E-state index contributed by atoms with van der Waals surface area (Å²) in [6.45, 7) is 0.433. The summed E-state index contributed by atoms with van der Waals surface area (Å²) in [5, 5.41) is 2.65. The molecule has 0 fully saturated rings. The SMILES string of the molecule is CN(Cc1ccc(-c2ccccc2)cc1)C(=O)C1CC(=O)Nc2cc(F)ccc21. The highest BCUT2D eigenvalue weighted by molar-refractivity contribution is 6.01. The number of nitrogens with one attached hydrogen (secondary N) is 1. The Hall–Kier alpha value is -3.47. The molecule has 0 aliphatic carbocycles. The zero-order chi connectivity index (χ0) is 20.4. The minimum atomic E-state index is -0.604. The quantitative estimate of drug-likeness (QED) is 0.711. The number of anilines is 1. The van der Waals surface area contributed by atoms with E-state index in [4.69, 9.17) is 0 Å². The van der Waals surface area contributed by atoms with E-state index in [1.54, 1.807) is 18.0 Å². The average molecular weight is 388 g/mol. The Bertz CT molecular complexity index is 1050. The second-order valence-electron chi connectivity index (χ2n) is 7.29. The molecule has 0 saturated carbocycles. The van der Waals surface area contributed by atoms with Crippen molar-refractivity contribution in [2.24, 2.45) is 0 Å². The van der Waals surface area contributed by atoms with Crippen LogP contribution in [0.15, 0.2) is 72.8 Å². The molecule has 0 bridgehead atoms. The zero-order valence-corrected chi connectivity index (χ0v) is 16.1. The van der Waals surface area contributed by atoms with Gasteiger partial charge in [-0.3, -0.25) is 9.59 Å². The Balaban J connectivity index is 1.50. The highest BCUT2D eigenvalue weighted by Crippen LogP contribution is 2.34. The standard InChI is InChI=1S/C24H21FN2O2/c1-27(15-16-7-9-18(10-8-16)17-5-3-2-4-6-17)24(29)21-14-23(28)26-22-13-19(25)11-12-20(21)22/h2-13,21H,14-15H2,1H3,(H,26,28). The third-order valence-corrected chi connectivity index (χ3v) is 5.21. The van der Waals surface area contributed by atoms with Gasteiger partial charge in [-0.25, -0.2) is 4.39 Å². The third-order valence-electron chi connectivity index (χ3n) is 5.21. The maximum Gasteiger partial charge on any atom is 0.230 e. The van der Waals surface area contributed by atoms with Crippen LogP contribution in [-0.2, 0) is 16.1 Å². The first-order chi connectivity index (χ1) is 14.0. The molecule has 0 radical (unpaired) electrons. The van der Waals surface area contributed by atoms with Gasteiger partial charge in [-0.2, -0.15) is 0 Å². The molecule has 1 aliphatic heterocycles. The first-order valence-corrected chi connectivity index (χ1v) is 9.50. The highest BCUT2D eigenvalue weighted by atomic mass is 19.1. The fraction of sp³-hybridized carbons (Fsp3) is 0.167. The van der Waals surface area contributed by atoms with Crippen LogP contribution < -0.4 is 5.32 Å². The number of rotatable bonds is 4. The van der Waals surface area contributed by atoms with Crippen LogP contribution in [0.3, 0.4) is 0 Å². The molecule has 0 aromatic heterocycles. The molecule has 2 amide bonds. The van der Waals surface area contributed by atoms with Crippen LogP contribution in [0.2, 0.25) is 0 Å². The van der Waals surface area contributed by atoms with Crippen LogP contribution >= 0.6 is 0 Å². The van der Waals surface area contributed by atoms with Crippen LogP contribution in [0.5, 0.6) is 0 Å². The number of nitrogens with zero attached hydrogens (tertiary/aromatic N) is 1. The monoisotopic (exact) mass is 388 g/mol. The summed E-state index contributed by atoms with van der Waals surface area (Å²) in [5.41, 5.74) is 4.28. The number of fused-ring (bicyclic) bond motifs is 1. The fourth-order valence-electron chi connectivity index (χ4n) is 3.71. The lowest BCUT2D eigenvalue weighted by atomic mass is 9.89. The van der Waals surface area contributed by atoms with Crippen molar-refractivity contribution in [3.8, 4) is 11.1 Å². The number of carbonyl (C=O) groups is 2. The number of amides is 2. The lowest BCUT2D eigenvalue weighted by Gasteiger charge is -2.28. The third kappa shape index (κ3) is 4.04. The number of likely N-dealkylation sites (N-methyl/N-ethyl adjacent to an activating group) is 1. The van der Waals surface area contributed by atoms with Crippen molar-refractivity contribution in [3.05, 3.63) is 89.7 Å². The van der Waals surface area contributed by atoms with Gasteiger partial charge in [0.2, 0.25) is 11.8 Å². The van der Waals surface area contributed by atoms with E-state index in [1.165, 1.54) is 12.1 Å². The molecule has 4 nitrogen and oxygen atoms in total. The number of halogens is 1. The van der Waals surface area contributed by atoms with Crippen molar-refractivity contribution in [2.45, 2.75) is 18.9 Å². The normalized spacial score (nSPS) is 15.4. The Labute approximate surface area is 169 Å². The van der Waals surface area contributed by atoms with Gasteiger partial charge < -0.3 is 10.2 Å². The summed E-state index contributed by atoms with van der Waals surface area (Å²) in [6, 6.07) is 22.3. The van der Waals surface area contributed by atoms with Gasteiger partial charge >= 0.3 is 0 Å². The molecule has 1 heterocycles. The van der Waals surface area contributed by atoms with Crippen LogP contribution in [0.4, 0.5) is 10.1 Å². The molecule has 5 heteroatoms. The van der Waals surface area contributed by atoms with E-state index in [0.717, 1.165) is 16.7 Å². The molecule has 0 spiro atoms. The second-order valence-corrected chi connectivity index (χ2v) is 7.29. The molecule has 146 valence electrons. The topological polar surface area (TPSA) is 49.4 Å². The van der Waals surface area contributed by atoms with Crippen LogP contribution in [0, 0.1) is 5.82 Å². The van der Waals surface area contributed by atoms with Crippen molar-refractivity contribution < 1.29 is 14.0 Å². The van der Waals surface area contributed by atoms with Gasteiger partial charge in [-0.05, 0) is 34.4 Å². The van der Waals surface area contributed by atoms with Crippen molar-refractivity contribution in [1.82, 2.24) is 4.90 Å². The van der Waals surface area contributed by atoms with E-state index in [-0.39, 0.29) is 18.2 Å². The first-order valence-electron chi connectivity index (χ1n) is 9.50. The van der Waals surface area contributed by atoms with Gasteiger partial charge in [-0.15, -0.1) is 0 Å². The van der Waals surface area contributed by atoms with E-state index in [2.05, 4.69) is 17.4 Å². The van der Waals surface area contributed by atoms with Crippen LogP contribution in [-0.4, -0.2) is 23.8 Å². The summed E-state index contributed by atoms with van der Waals surface area (Å²) in [5.74, 6) is -1.47. The van der Waals surface area contributed by atoms with Crippen LogP contribution in [0.1, 0.15) is 23.5 Å². The number of benzene rings is 3. The molecule has 1 N–H and O–H groups in total. The van der Waals surface area contributed by atoms with E-state index in [0.29, 0.717) is 17.8 Å². The Kier molecular flexibility index (Phi) is 5.12. The number of hydrogen-bond acceptors (Lipinski definition) is 2. The molecule has 1 aliphatic rings. The predicted octanol–water partition coefficient (Wildman–Crippen LogP) is 4.58. The highest BCUT2D eigenvalue weighted by Gasteiger charge is 2.32. The molecule has 4 rings (SSSR count). The lowest BCUT2D eigenvalue weighted by molar-refractivity contribution is -0.134. The van der Waals surface area contributed by atoms with Gasteiger partial charge in [0.15, 0.2) is 0 Å². The summed E-state index contributed by atoms with van der Waals surface area (Å²) in [6.07, 6.45) is 0.0642. The van der Waals surface area contributed by atoms with Gasteiger partial charge in [-0.1, -0.05) is 60.7 Å². The Morgan fingerprint density at radius 3 is 2.45 bits per heavy atom. The minimum Gasteiger partial charge on any atom is -0.341 e. The molecular formula is C24H21FN2O2. The van der Waals surface area contributed by atoms with E-state index < -0.39 is 11.7 Å². The van der Waals surface area contributed by atoms with Crippen molar-refractivity contribution >= 4 is 17.5 Å².